The lowest BCUT2D eigenvalue weighted by atomic mass is 10.0. The van der Waals surface area contributed by atoms with E-state index in [-0.39, 0.29) is 0 Å². The zero-order valence-corrected chi connectivity index (χ0v) is 39.5. The fourth-order valence-electron chi connectivity index (χ4n) is 10.0. The summed E-state index contributed by atoms with van der Waals surface area (Å²) >= 11 is 1.85. The van der Waals surface area contributed by atoms with Gasteiger partial charge in [0.15, 0.2) is 0 Å². The van der Waals surface area contributed by atoms with Crippen molar-refractivity contribution in [2.45, 2.75) is 0 Å². The first kappa shape index (κ1) is 42.0. The van der Waals surface area contributed by atoms with Gasteiger partial charge in [-0.05, 0) is 150 Å². The minimum absolute atomic E-state index is 0.889. The number of hydrogen-bond donors (Lipinski definition) is 0. The standard InChI is InChI=1S/C66H45N3OS/c1-5-17-50(18-6-1)67(51-19-7-2-8-20-51)56-43-57(68(52-21-9-3-10-22-52)53-23-11-4-12-24-53)45-58(44-56)69(54-35-29-46(30-36-54)48-33-39-64-61(41-48)59-25-13-15-27-63(59)70-64)55-37-31-47(32-38-55)49-34-40-66-62(42-49)60-26-14-16-28-65(60)71-66/h1-45H. The van der Waals surface area contributed by atoms with E-state index in [1.807, 2.05) is 23.5 Å². The molecular weight excluding hydrogens is 883 g/mol. The molecule has 13 aromatic rings. The first-order chi connectivity index (χ1) is 35.2. The molecular formula is C66H45N3OS. The summed E-state index contributed by atoms with van der Waals surface area (Å²) in [5.41, 5.74) is 15.7. The van der Waals surface area contributed by atoms with Crippen molar-refractivity contribution >= 4 is 105 Å². The number of hydrogen-bond acceptors (Lipinski definition) is 5. The third-order valence-corrected chi connectivity index (χ3v) is 14.5. The van der Waals surface area contributed by atoms with Crippen molar-refractivity contribution in [2.75, 3.05) is 14.7 Å². The smallest absolute Gasteiger partial charge is 0.135 e. The van der Waals surface area contributed by atoms with Gasteiger partial charge in [-0.1, -0.05) is 146 Å². The second-order valence-electron chi connectivity index (χ2n) is 17.8. The highest BCUT2D eigenvalue weighted by molar-refractivity contribution is 7.25. The van der Waals surface area contributed by atoms with E-state index in [9.17, 15) is 0 Å². The molecule has 0 atom stereocenters. The van der Waals surface area contributed by atoms with Gasteiger partial charge in [-0.2, -0.15) is 0 Å². The van der Waals surface area contributed by atoms with Gasteiger partial charge in [0.25, 0.3) is 0 Å². The number of fused-ring (bicyclic) bond motifs is 6. The third kappa shape index (κ3) is 7.94. The monoisotopic (exact) mass is 927 g/mol. The van der Waals surface area contributed by atoms with Gasteiger partial charge in [-0.25, -0.2) is 0 Å². The van der Waals surface area contributed by atoms with Crippen LogP contribution in [0.2, 0.25) is 0 Å². The molecule has 0 radical (unpaired) electrons. The Morgan fingerprint density at radius 3 is 1.07 bits per heavy atom. The molecule has 11 aromatic carbocycles. The maximum atomic E-state index is 6.21. The summed E-state index contributed by atoms with van der Waals surface area (Å²) in [6.45, 7) is 0. The summed E-state index contributed by atoms with van der Waals surface area (Å²) in [6, 6.07) is 98.0. The fourth-order valence-corrected chi connectivity index (χ4v) is 11.1. The van der Waals surface area contributed by atoms with Gasteiger partial charge in [-0.15, -0.1) is 11.3 Å². The quantitative estimate of drug-likeness (QED) is 0.129. The molecule has 0 bridgehead atoms. The molecule has 2 aromatic heterocycles. The average Bonchev–Trinajstić information content (AvgIpc) is 4.01. The number of furan rings is 1. The van der Waals surface area contributed by atoms with E-state index in [1.54, 1.807) is 0 Å². The van der Waals surface area contributed by atoms with Gasteiger partial charge >= 0.3 is 0 Å². The molecule has 336 valence electrons. The lowest BCUT2D eigenvalue weighted by Gasteiger charge is -2.33. The van der Waals surface area contributed by atoms with Crippen LogP contribution in [0.5, 0.6) is 0 Å². The van der Waals surface area contributed by atoms with Crippen LogP contribution in [-0.2, 0) is 0 Å². The van der Waals surface area contributed by atoms with Gasteiger partial charge in [0, 0.05) is 65.1 Å². The Morgan fingerprint density at radius 2 is 0.577 bits per heavy atom. The van der Waals surface area contributed by atoms with Gasteiger partial charge < -0.3 is 19.1 Å². The van der Waals surface area contributed by atoms with Crippen molar-refractivity contribution < 1.29 is 4.42 Å². The summed E-state index contributed by atoms with van der Waals surface area (Å²) < 4.78 is 8.82. The van der Waals surface area contributed by atoms with Crippen molar-refractivity contribution in [3.63, 3.8) is 0 Å². The van der Waals surface area contributed by atoms with Crippen LogP contribution in [0.4, 0.5) is 51.2 Å². The van der Waals surface area contributed by atoms with Crippen LogP contribution in [0.1, 0.15) is 0 Å². The van der Waals surface area contributed by atoms with Crippen molar-refractivity contribution in [3.05, 3.63) is 273 Å². The molecule has 13 rings (SSSR count). The molecule has 71 heavy (non-hydrogen) atoms. The normalized spacial score (nSPS) is 11.4. The first-order valence-corrected chi connectivity index (χ1v) is 24.8. The minimum atomic E-state index is 0.889. The average molecular weight is 928 g/mol. The molecule has 4 nitrogen and oxygen atoms in total. The molecule has 0 amide bonds. The van der Waals surface area contributed by atoms with E-state index in [4.69, 9.17) is 4.42 Å². The Labute approximate surface area is 416 Å². The van der Waals surface area contributed by atoms with Crippen LogP contribution in [0.25, 0.3) is 64.4 Å². The summed E-state index contributed by atoms with van der Waals surface area (Å²) in [5.74, 6) is 0. The lowest BCUT2D eigenvalue weighted by Crippen LogP contribution is -2.16. The van der Waals surface area contributed by atoms with Crippen LogP contribution in [0.15, 0.2) is 277 Å². The predicted octanol–water partition coefficient (Wildman–Crippen LogP) is 19.7. The van der Waals surface area contributed by atoms with Crippen LogP contribution >= 0.6 is 11.3 Å². The molecule has 0 aliphatic carbocycles. The molecule has 2 heterocycles. The largest absolute Gasteiger partial charge is 0.456 e. The van der Waals surface area contributed by atoms with Gasteiger partial charge in [0.2, 0.25) is 0 Å². The van der Waals surface area contributed by atoms with Crippen molar-refractivity contribution in [2.24, 2.45) is 0 Å². The van der Waals surface area contributed by atoms with E-state index in [0.29, 0.717) is 0 Å². The summed E-state index contributed by atoms with van der Waals surface area (Å²) in [6.07, 6.45) is 0. The van der Waals surface area contributed by atoms with Crippen LogP contribution < -0.4 is 14.7 Å². The van der Waals surface area contributed by atoms with Crippen molar-refractivity contribution in [1.29, 1.82) is 0 Å². The number of thiophene rings is 1. The minimum Gasteiger partial charge on any atom is -0.456 e. The molecule has 0 aliphatic rings. The Bertz CT molecular complexity index is 3650. The molecule has 5 heteroatoms. The molecule has 0 saturated heterocycles. The summed E-state index contributed by atoms with van der Waals surface area (Å²) in [5, 5.41) is 4.83. The van der Waals surface area contributed by atoms with Gasteiger partial charge in [0.05, 0.1) is 17.1 Å². The zero-order chi connectivity index (χ0) is 47.1. The SMILES string of the molecule is c1ccc(N(c2ccccc2)c2cc(N(c3ccccc3)c3ccccc3)cc(N(c3ccc(-c4ccc5oc6ccccc6c5c4)cc3)c3ccc(-c4ccc5sc6ccccc6c5c4)cc3)c2)cc1. The number of nitrogens with zero attached hydrogens (tertiary/aromatic N) is 3. The van der Waals surface area contributed by atoms with E-state index in [2.05, 4.69) is 276 Å². The van der Waals surface area contributed by atoms with Crippen molar-refractivity contribution in [1.82, 2.24) is 0 Å². The van der Waals surface area contributed by atoms with Gasteiger partial charge in [0.1, 0.15) is 11.2 Å². The number of rotatable bonds is 11. The molecule has 0 fully saturated rings. The number of benzene rings is 11. The molecule has 0 spiro atoms. The third-order valence-electron chi connectivity index (χ3n) is 13.4. The Kier molecular flexibility index (Phi) is 10.7. The molecule has 0 unspecified atom stereocenters. The highest BCUT2D eigenvalue weighted by atomic mass is 32.1. The van der Waals surface area contributed by atoms with E-state index < -0.39 is 0 Å². The second kappa shape index (κ2) is 18.1. The van der Waals surface area contributed by atoms with Crippen molar-refractivity contribution in [3.8, 4) is 22.3 Å². The zero-order valence-electron chi connectivity index (χ0n) is 38.6. The fraction of sp³-hybridized carbons (Fsp3) is 0. The molecule has 0 saturated carbocycles. The Morgan fingerprint density at radius 1 is 0.225 bits per heavy atom. The van der Waals surface area contributed by atoms with Gasteiger partial charge in [-0.3, -0.25) is 0 Å². The summed E-state index contributed by atoms with van der Waals surface area (Å²) in [4.78, 5) is 7.10. The molecule has 0 aliphatic heterocycles. The maximum absolute atomic E-state index is 6.21. The first-order valence-electron chi connectivity index (χ1n) is 24.0. The number of para-hydroxylation sites is 5. The summed E-state index contributed by atoms with van der Waals surface area (Å²) in [7, 11) is 0. The van der Waals surface area contributed by atoms with E-state index in [0.717, 1.165) is 89.8 Å². The van der Waals surface area contributed by atoms with Crippen LogP contribution in [0, 0.1) is 0 Å². The topological polar surface area (TPSA) is 22.9 Å². The van der Waals surface area contributed by atoms with E-state index in [1.165, 1.54) is 25.7 Å². The predicted molar refractivity (Wildman–Crippen MR) is 302 cm³/mol. The van der Waals surface area contributed by atoms with E-state index >= 15 is 0 Å². The Balaban J connectivity index is 1.00. The second-order valence-corrected chi connectivity index (χ2v) is 18.9. The highest BCUT2D eigenvalue weighted by Crippen LogP contribution is 2.47. The maximum Gasteiger partial charge on any atom is 0.135 e. The number of anilines is 9. The van der Waals surface area contributed by atoms with Crippen LogP contribution in [0.3, 0.4) is 0 Å². The molecule has 0 N–H and O–H groups in total. The van der Waals surface area contributed by atoms with Crippen LogP contribution in [-0.4, -0.2) is 0 Å². The highest BCUT2D eigenvalue weighted by Gasteiger charge is 2.23. The lowest BCUT2D eigenvalue weighted by molar-refractivity contribution is 0.669. The Hall–Kier alpha value is -9.16.